The van der Waals surface area contributed by atoms with Crippen LogP contribution in [-0.4, -0.2) is 45.1 Å². The van der Waals surface area contributed by atoms with Gasteiger partial charge in [-0.05, 0) is 41.0 Å². The molecule has 1 atom stereocenters. The number of aliphatic hydroxyl groups excluding tert-OH is 1. The fraction of sp³-hybridized carbons (Fsp3) is 0.280. The molecule has 0 amide bonds. The van der Waals surface area contributed by atoms with Crippen LogP contribution in [0.1, 0.15) is 5.56 Å². The Morgan fingerprint density at radius 1 is 0.833 bits per heavy atom. The van der Waals surface area contributed by atoms with Gasteiger partial charge in [-0.3, -0.25) is 0 Å². The summed E-state index contributed by atoms with van der Waals surface area (Å²) in [6.45, 7) is 1.74. The lowest BCUT2D eigenvalue weighted by Gasteiger charge is -2.12. The summed E-state index contributed by atoms with van der Waals surface area (Å²) >= 11 is 0. The summed E-state index contributed by atoms with van der Waals surface area (Å²) in [6.07, 6.45) is 0.360. The summed E-state index contributed by atoms with van der Waals surface area (Å²) in [5, 5.41) is 12.3. The molecule has 0 aliphatic carbocycles. The molecule has 0 spiro atoms. The zero-order chi connectivity index (χ0) is 21.2. The zero-order valence-corrected chi connectivity index (χ0v) is 17.6. The molecule has 0 radical (unpaired) electrons. The molecule has 3 rings (SSSR count). The van der Waals surface area contributed by atoms with E-state index < -0.39 is 6.10 Å². The molecule has 0 heterocycles. The van der Waals surface area contributed by atoms with Gasteiger partial charge in [-0.2, -0.15) is 0 Å². The van der Waals surface area contributed by atoms with Crippen LogP contribution in [0.5, 0.6) is 17.2 Å². The third-order valence-electron chi connectivity index (χ3n) is 4.93. The van der Waals surface area contributed by atoms with E-state index in [1.54, 1.807) is 14.2 Å². The van der Waals surface area contributed by atoms with Gasteiger partial charge in [0, 0.05) is 6.42 Å². The van der Waals surface area contributed by atoms with Gasteiger partial charge >= 0.3 is 0 Å². The van der Waals surface area contributed by atoms with Gasteiger partial charge in [-0.15, -0.1) is 0 Å². The maximum Gasteiger partial charge on any atom is 0.160 e. The Hall–Kier alpha value is -3.02. The highest BCUT2D eigenvalue weighted by Gasteiger charge is 2.09. The predicted molar refractivity (Wildman–Crippen MR) is 118 cm³/mol. The Labute approximate surface area is 178 Å². The maximum atomic E-state index is 10.2. The van der Waals surface area contributed by atoms with E-state index in [1.165, 1.54) is 11.1 Å². The zero-order valence-electron chi connectivity index (χ0n) is 17.6. The molecular formula is C25H30NO4+. The average Bonchev–Trinajstić information content (AvgIpc) is 2.81. The van der Waals surface area contributed by atoms with Crippen molar-refractivity contribution in [2.24, 2.45) is 0 Å². The number of hydrogen-bond donors (Lipinski definition) is 2. The first-order valence-corrected chi connectivity index (χ1v) is 10.2. The SMILES string of the molecule is COc1ccc(CC[NH2+]C[C@H](O)COc2ccc(-c3ccccc3)cc2)cc1OC. The first kappa shape index (κ1) is 21.7. The fourth-order valence-corrected chi connectivity index (χ4v) is 3.25. The van der Waals surface area contributed by atoms with Crippen molar-refractivity contribution in [3.05, 3.63) is 78.4 Å². The number of benzene rings is 3. The van der Waals surface area contributed by atoms with E-state index in [2.05, 4.69) is 17.4 Å². The van der Waals surface area contributed by atoms with E-state index in [9.17, 15) is 5.11 Å². The average molecular weight is 409 g/mol. The van der Waals surface area contributed by atoms with Crippen LogP contribution >= 0.6 is 0 Å². The van der Waals surface area contributed by atoms with Crippen molar-refractivity contribution in [1.82, 2.24) is 0 Å². The monoisotopic (exact) mass is 408 g/mol. The summed E-state index contributed by atoms with van der Waals surface area (Å²) in [6, 6.07) is 24.1. The summed E-state index contributed by atoms with van der Waals surface area (Å²) in [4.78, 5) is 0. The first-order chi connectivity index (χ1) is 14.7. The highest BCUT2D eigenvalue weighted by molar-refractivity contribution is 5.63. The van der Waals surface area contributed by atoms with E-state index in [1.807, 2.05) is 60.7 Å². The molecule has 0 saturated carbocycles. The second-order valence-electron chi connectivity index (χ2n) is 7.11. The van der Waals surface area contributed by atoms with Gasteiger partial charge in [0.1, 0.15) is 25.0 Å². The molecule has 3 aromatic rings. The molecule has 0 aliphatic heterocycles. The van der Waals surface area contributed by atoms with Crippen LogP contribution < -0.4 is 19.5 Å². The van der Waals surface area contributed by atoms with Crippen molar-refractivity contribution in [1.29, 1.82) is 0 Å². The molecule has 0 unspecified atom stereocenters. The van der Waals surface area contributed by atoms with E-state index in [-0.39, 0.29) is 6.61 Å². The molecule has 3 N–H and O–H groups in total. The van der Waals surface area contributed by atoms with Gasteiger partial charge in [0.05, 0.1) is 20.8 Å². The lowest BCUT2D eigenvalue weighted by molar-refractivity contribution is -0.660. The fourth-order valence-electron chi connectivity index (χ4n) is 3.25. The third-order valence-corrected chi connectivity index (χ3v) is 4.93. The van der Waals surface area contributed by atoms with E-state index >= 15 is 0 Å². The molecule has 5 nitrogen and oxygen atoms in total. The Morgan fingerprint density at radius 2 is 1.53 bits per heavy atom. The minimum Gasteiger partial charge on any atom is -0.493 e. The van der Waals surface area contributed by atoms with Crippen LogP contribution in [0, 0.1) is 0 Å². The normalized spacial score (nSPS) is 11.7. The summed E-state index contributed by atoms with van der Waals surface area (Å²) in [5.74, 6) is 2.23. The van der Waals surface area contributed by atoms with Gasteiger partial charge in [-0.25, -0.2) is 0 Å². The number of ether oxygens (including phenoxy) is 3. The number of hydrogen-bond acceptors (Lipinski definition) is 4. The topological polar surface area (TPSA) is 64.5 Å². The second kappa shape index (κ2) is 11.2. The minimum absolute atomic E-state index is 0.275. The van der Waals surface area contributed by atoms with Crippen molar-refractivity contribution in [2.75, 3.05) is 33.9 Å². The highest BCUT2D eigenvalue weighted by atomic mass is 16.5. The van der Waals surface area contributed by atoms with Crippen molar-refractivity contribution in [3.63, 3.8) is 0 Å². The van der Waals surface area contributed by atoms with Gasteiger partial charge in [0.2, 0.25) is 0 Å². The summed E-state index contributed by atoms with van der Waals surface area (Å²) < 4.78 is 16.3. The quantitative estimate of drug-likeness (QED) is 0.479. The lowest BCUT2D eigenvalue weighted by Crippen LogP contribution is -2.87. The highest BCUT2D eigenvalue weighted by Crippen LogP contribution is 2.27. The first-order valence-electron chi connectivity index (χ1n) is 10.2. The largest absolute Gasteiger partial charge is 0.493 e. The number of nitrogens with two attached hydrogens (primary N) is 1. The van der Waals surface area contributed by atoms with Crippen LogP contribution in [0.15, 0.2) is 72.8 Å². The van der Waals surface area contributed by atoms with Gasteiger partial charge in [0.25, 0.3) is 0 Å². The molecular weight excluding hydrogens is 378 g/mol. The van der Waals surface area contributed by atoms with E-state index in [4.69, 9.17) is 14.2 Å². The molecule has 0 fully saturated rings. The van der Waals surface area contributed by atoms with Crippen LogP contribution in [0.3, 0.4) is 0 Å². The number of methoxy groups -OCH3 is 2. The molecule has 0 aliphatic rings. The molecule has 30 heavy (non-hydrogen) atoms. The second-order valence-corrected chi connectivity index (χ2v) is 7.11. The van der Waals surface area contributed by atoms with Crippen molar-refractivity contribution < 1.29 is 24.6 Å². The van der Waals surface area contributed by atoms with Gasteiger partial charge in [0.15, 0.2) is 11.5 Å². The number of quaternary nitrogens is 1. The molecule has 5 heteroatoms. The van der Waals surface area contributed by atoms with Crippen LogP contribution in [-0.2, 0) is 6.42 Å². The molecule has 0 bridgehead atoms. The van der Waals surface area contributed by atoms with E-state index in [0.29, 0.717) is 6.54 Å². The summed E-state index contributed by atoms with van der Waals surface area (Å²) in [7, 11) is 3.27. The van der Waals surface area contributed by atoms with Crippen molar-refractivity contribution in [2.45, 2.75) is 12.5 Å². The van der Waals surface area contributed by atoms with Crippen LogP contribution in [0.2, 0.25) is 0 Å². The summed E-state index contributed by atoms with van der Waals surface area (Å²) in [5.41, 5.74) is 3.49. The van der Waals surface area contributed by atoms with E-state index in [0.717, 1.165) is 35.8 Å². The Bertz CT molecular complexity index is 897. The molecule has 0 aromatic heterocycles. The maximum absolute atomic E-state index is 10.2. The van der Waals surface area contributed by atoms with Crippen molar-refractivity contribution in [3.8, 4) is 28.4 Å². The number of aliphatic hydroxyl groups is 1. The third kappa shape index (κ3) is 6.24. The van der Waals surface area contributed by atoms with Crippen LogP contribution in [0.4, 0.5) is 0 Å². The smallest absolute Gasteiger partial charge is 0.160 e. The van der Waals surface area contributed by atoms with Gasteiger partial charge in [-0.1, -0.05) is 48.5 Å². The van der Waals surface area contributed by atoms with Gasteiger partial charge < -0.3 is 24.6 Å². The predicted octanol–water partition coefficient (Wildman–Crippen LogP) is 2.92. The Morgan fingerprint density at radius 3 is 2.23 bits per heavy atom. The minimum atomic E-state index is -0.524. The molecule has 0 saturated heterocycles. The standard InChI is InChI=1S/C25H29NO4/c1-28-24-13-8-19(16-25(24)29-2)14-15-26-17-22(27)18-30-23-11-9-21(10-12-23)20-6-4-3-5-7-20/h3-13,16,22,26-27H,14-15,17-18H2,1-2H3/p+1/t22-/m0/s1. The van der Waals surface area contributed by atoms with Crippen LogP contribution in [0.25, 0.3) is 11.1 Å². The van der Waals surface area contributed by atoms with Crippen molar-refractivity contribution >= 4 is 0 Å². The Kier molecular flexibility index (Phi) is 8.12. The number of rotatable bonds is 11. The molecule has 158 valence electrons. The Balaban J connectivity index is 1.37. The lowest BCUT2D eigenvalue weighted by atomic mass is 10.1. The molecule has 3 aromatic carbocycles.